The van der Waals surface area contributed by atoms with Crippen molar-refractivity contribution in [1.82, 2.24) is 0 Å². The van der Waals surface area contributed by atoms with Gasteiger partial charge < -0.3 is 30.0 Å². The highest BCUT2D eigenvalue weighted by molar-refractivity contribution is 6.09. The molecule has 2 N–H and O–H groups in total. The Balaban J connectivity index is 2.84. The van der Waals surface area contributed by atoms with Crippen molar-refractivity contribution in [2.75, 3.05) is 0 Å². The minimum Gasteiger partial charge on any atom is -0.545 e. The van der Waals surface area contributed by atoms with E-state index in [4.69, 9.17) is 5.11 Å². The van der Waals surface area contributed by atoms with E-state index in [2.05, 4.69) is 0 Å². The van der Waals surface area contributed by atoms with Crippen LogP contribution in [0, 0.1) is 0 Å². The maximum absolute atomic E-state index is 11.4. The molecule has 0 saturated heterocycles. The van der Waals surface area contributed by atoms with Crippen molar-refractivity contribution in [1.29, 1.82) is 0 Å². The van der Waals surface area contributed by atoms with Gasteiger partial charge in [0.15, 0.2) is 0 Å². The zero-order valence-electron chi connectivity index (χ0n) is 11.8. The molecule has 0 saturated carbocycles. The second-order valence-corrected chi connectivity index (χ2v) is 4.67. The first kappa shape index (κ1) is 16.7. The summed E-state index contributed by atoms with van der Waals surface area (Å²) in [6.45, 7) is 0. The predicted octanol–water partition coefficient (Wildman–Crippen LogP) is -0.523. The largest absolute Gasteiger partial charge is 0.545 e. The molecule has 0 aliphatic rings. The highest BCUT2D eigenvalue weighted by atomic mass is 16.4. The van der Waals surface area contributed by atoms with Gasteiger partial charge in [-0.05, 0) is 28.8 Å². The molecule has 0 spiro atoms. The van der Waals surface area contributed by atoms with E-state index < -0.39 is 46.1 Å². The lowest BCUT2D eigenvalue weighted by Gasteiger charge is -2.16. The van der Waals surface area contributed by atoms with E-state index >= 15 is 0 Å². The summed E-state index contributed by atoms with van der Waals surface area (Å²) in [5, 5.41) is 40.5. The van der Waals surface area contributed by atoms with Gasteiger partial charge in [0.2, 0.25) is 0 Å². The number of rotatable bonds is 5. The lowest BCUT2D eigenvalue weighted by Crippen LogP contribution is -2.26. The van der Waals surface area contributed by atoms with Crippen LogP contribution in [0.2, 0.25) is 0 Å². The first-order valence-corrected chi connectivity index (χ1v) is 6.40. The lowest BCUT2D eigenvalue weighted by molar-refractivity contribution is -0.255. The normalized spacial score (nSPS) is 10.2. The molecule has 0 amide bonds. The molecule has 8 nitrogen and oxygen atoms in total. The fraction of sp³-hybridized carbons (Fsp3) is 0. The van der Waals surface area contributed by atoms with Gasteiger partial charge in [0.05, 0.1) is 23.1 Å². The monoisotopic (exact) mass is 328 g/mol. The second-order valence-electron chi connectivity index (χ2n) is 4.67. The van der Waals surface area contributed by atoms with Crippen LogP contribution in [0.5, 0.6) is 0 Å². The lowest BCUT2D eigenvalue weighted by atomic mass is 9.91. The Bertz CT molecular complexity index is 882. The molecular formula is C16H8O8-2. The van der Waals surface area contributed by atoms with Gasteiger partial charge in [-0.15, -0.1) is 0 Å². The van der Waals surface area contributed by atoms with Crippen LogP contribution in [0.3, 0.4) is 0 Å². The van der Waals surface area contributed by atoms with Crippen molar-refractivity contribution in [3.63, 3.8) is 0 Å². The summed E-state index contributed by atoms with van der Waals surface area (Å²) in [5.74, 6) is -6.45. The third kappa shape index (κ3) is 2.93. The highest BCUT2D eigenvalue weighted by Crippen LogP contribution is 2.30. The van der Waals surface area contributed by atoms with Crippen LogP contribution in [0.25, 0.3) is 11.1 Å². The molecule has 8 heteroatoms. The fourth-order valence-electron chi connectivity index (χ4n) is 2.26. The molecule has 0 aliphatic carbocycles. The molecule has 0 atom stereocenters. The number of aromatic carboxylic acids is 4. The summed E-state index contributed by atoms with van der Waals surface area (Å²) in [4.78, 5) is 44.8. The topological polar surface area (TPSA) is 155 Å². The number of carboxylic acids is 4. The SMILES string of the molecule is O=C([O-])c1ccc(-c2cccc(C(=O)O)c2C(=O)O)c(C(=O)[O-])c1. The Morgan fingerprint density at radius 3 is 1.92 bits per heavy atom. The van der Waals surface area contributed by atoms with E-state index in [9.17, 15) is 34.5 Å². The molecule has 0 unspecified atom stereocenters. The van der Waals surface area contributed by atoms with Crippen molar-refractivity contribution in [3.8, 4) is 11.1 Å². The Morgan fingerprint density at radius 1 is 0.750 bits per heavy atom. The number of hydrogen-bond acceptors (Lipinski definition) is 6. The molecule has 122 valence electrons. The molecular weight excluding hydrogens is 320 g/mol. The van der Waals surface area contributed by atoms with E-state index in [1.54, 1.807) is 0 Å². The summed E-state index contributed by atoms with van der Waals surface area (Å²) in [5.41, 5.74) is -2.56. The summed E-state index contributed by atoms with van der Waals surface area (Å²) >= 11 is 0. The first-order chi connectivity index (χ1) is 11.2. The first-order valence-electron chi connectivity index (χ1n) is 6.40. The zero-order valence-corrected chi connectivity index (χ0v) is 11.8. The molecule has 0 fully saturated rings. The van der Waals surface area contributed by atoms with E-state index in [0.29, 0.717) is 0 Å². The standard InChI is InChI=1S/C16H10O8/c17-13(18)7-4-5-8(11(6-7)15(21)22)9-2-1-3-10(14(19)20)12(9)16(23)24/h1-6H,(H,17,18)(H,19,20)(H,21,22)(H,23,24)/p-2. The molecule has 0 aliphatic heterocycles. The minimum atomic E-state index is -1.75. The van der Waals surface area contributed by atoms with Crippen molar-refractivity contribution in [3.05, 3.63) is 58.7 Å². The van der Waals surface area contributed by atoms with E-state index in [0.717, 1.165) is 24.3 Å². The smallest absolute Gasteiger partial charge is 0.337 e. The van der Waals surface area contributed by atoms with Crippen molar-refractivity contribution < 1.29 is 39.6 Å². The van der Waals surface area contributed by atoms with Gasteiger partial charge in [-0.1, -0.05) is 24.3 Å². The van der Waals surface area contributed by atoms with Crippen molar-refractivity contribution in [2.24, 2.45) is 0 Å². The van der Waals surface area contributed by atoms with Crippen LogP contribution in [-0.2, 0) is 0 Å². The summed E-state index contributed by atoms with van der Waals surface area (Å²) in [6, 6.07) is 6.37. The minimum absolute atomic E-state index is 0.180. The Labute approximate surface area is 134 Å². The highest BCUT2D eigenvalue weighted by Gasteiger charge is 2.22. The van der Waals surface area contributed by atoms with E-state index in [1.165, 1.54) is 12.1 Å². The molecule has 24 heavy (non-hydrogen) atoms. The average Bonchev–Trinajstić information content (AvgIpc) is 2.53. The summed E-state index contributed by atoms with van der Waals surface area (Å²) in [6.07, 6.45) is 0. The number of carboxylic acid groups (broad SMARTS) is 4. The fourth-order valence-corrected chi connectivity index (χ4v) is 2.26. The van der Waals surface area contributed by atoms with Crippen LogP contribution >= 0.6 is 0 Å². The molecule has 2 rings (SSSR count). The van der Waals surface area contributed by atoms with Gasteiger partial charge in [-0.3, -0.25) is 0 Å². The molecule has 0 bridgehead atoms. The van der Waals surface area contributed by atoms with Gasteiger partial charge in [0.25, 0.3) is 0 Å². The molecule has 0 aromatic heterocycles. The molecule has 2 aromatic carbocycles. The van der Waals surface area contributed by atoms with Gasteiger partial charge in [0, 0.05) is 5.56 Å². The van der Waals surface area contributed by atoms with Crippen LogP contribution in [-0.4, -0.2) is 34.1 Å². The third-order valence-corrected chi connectivity index (χ3v) is 3.27. The number of hydrogen-bond donors (Lipinski definition) is 2. The summed E-state index contributed by atoms with van der Waals surface area (Å²) in [7, 11) is 0. The second kappa shape index (κ2) is 6.21. The van der Waals surface area contributed by atoms with Gasteiger partial charge in [-0.2, -0.15) is 0 Å². The Hall–Kier alpha value is -3.68. The van der Waals surface area contributed by atoms with E-state index in [1.807, 2.05) is 0 Å². The molecule has 2 aromatic rings. The number of carbonyl (C=O) groups is 4. The molecule has 0 heterocycles. The van der Waals surface area contributed by atoms with E-state index in [-0.39, 0.29) is 11.1 Å². The van der Waals surface area contributed by atoms with Crippen molar-refractivity contribution >= 4 is 23.9 Å². The molecule has 0 radical (unpaired) electrons. The van der Waals surface area contributed by atoms with Crippen LogP contribution < -0.4 is 10.2 Å². The maximum Gasteiger partial charge on any atom is 0.337 e. The third-order valence-electron chi connectivity index (χ3n) is 3.27. The Kier molecular flexibility index (Phi) is 4.32. The number of carbonyl (C=O) groups excluding carboxylic acids is 2. The zero-order chi connectivity index (χ0) is 18.0. The Morgan fingerprint density at radius 2 is 1.42 bits per heavy atom. The predicted molar refractivity (Wildman–Crippen MR) is 74.5 cm³/mol. The van der Waals surface area contributed by atoms with Crippen molar-refractivity contribution in [2.45, 2.75) is 0 Å². The van der Waals surface area contributed by atoms with Gasteiger partial charge >= 0.3 is 11.9 Å². The van der Waals surface area contributed by atoms with Crippen LogP contribution in [0.4, 0.5) is 0 Å². The van der Waals surface area contributed by atoms with Crippen LogP contribution in [0.15, 0.2) is 36.4 Å². The summed E-state index contributed by atoms with van der Waals surface area (Å²) < 4.78 is 0. The van der Waals surface area contributed by atoms with Gasteiger partial charge in [-0.25, -0.2) is 9.59 Å². The maximum atomic E-state index is 11.4. The average molecular weight is 328 g/mol. The van der Waals surface area contributed by atoms with Crippen LogP contribution in [0.1, 0.15) is 41.4 Å². The number of benzene rings is 2. The van der Waals surface area contributed by atoms with Gasteiger partial charge in [0.1, 0.15) is 0 Å². The quantitative estimate of drug-likeness (QED) is 0.742.